The predicted molar refractivity (Wildman–Crippen MR) is 63.8 cm³/mol. The van der Waals surface area contributed by atoms with Crippen LogP contribution in [-0.4, -0.2) is 11.0 Å². The molecule has 0 N–H and O–H groups in total. The Hall–Kier alpha value is 1.48. The Labute approximate surface area is 84.1 Å². The molecule has 1 aliphatic heterocycles. The van der Waals surface area contributed by atoms with E-state index in [4.69, 9.17) is 0 Å². The van der Waals surface area contributed by atoms with Gasteiger partial charge in [0.15, 0.2) is 0 Å². The minimum absolute atomic E-state index is 0.0413. The minimum atomic E-state index is -0.0413. The summed E-state index contributed by atoms with van der Waals surface area (Å²) in [5, 5.41) is 0.893. The summed E-state index contributed by atoms with van der Waals surface area (Å²) in [6.07, 6.45) is 2.71. The van der Waals surface area contributed by atoms with Crippen LogP contribution in [0.3, 0.4) is 0 Å². The maximum atomic E-state index is 4.54. The normalized spacial score (nSPS) is 35.2. The van der Waals surface area contributed by atoms with Gasteiger partial charge in [-0.1, -0.05) is 20.3 Å². The highest BCUT2D eigenvalue weighted by Crippen LogP contribution is 2.70. The third kappa shape index (κ3) is 3.38. The van der Waals surface area contributed by atoms with Crippen molar-refractivity contribution in [1.82, 2.24) is 0 Å². The molecule has 1 heterocycles. The number of thiol groups is 1. The van der Waals surface area contributed by atoms with Crippen LogP contribution in [0.15, 0.2) is 0 Å². The second-order valence-corrected chi connectivity index (χ2v) is 12.0. The summed E-state index contributed by atoms with van der Waals surface area (Å²) >= 11 is 8.70. The first-order valence-electron chi connectivity index (χ1n) is 4.02. The Morgan fingerprint density at radius 3 is 3.00 bits per heavy atom. The molecule has 0 saturated carbocycles. The van der Waals surface area contributed by atoms with Crippen LogP contribution in [0.2, 0.25) is 0 Å². The van der Waals surface area contributed by atoms with Gasteiger partial charge in [0.05, 0.1) is 5.53 Å². The molecule has 0 spiro atoms. The van der Waals surface area contributed by atoms with Crippen LogP contribution in [0.1, 0.15) is 26.7 Å². The molecule has 0 nitrogen and oxygen atoms in total. The summed E-state index contributed by atoms with van der Waals surface area (Å²) in [5.41, 5.74) is -0.0413. The van der Waals surface area contributed by atoms with Crippen molar-refractivity contribution in [2.24, 2.45) is 5.92 Å². The molecule has 0 aromatic heterocycles. The van der Waals surface area contributed by atoms with E-state index in [9.17, 15) is 0 Å². The molecule has 0 amide bonds. The van der Waals surface area contributed by atoms with Crippen molar-refractivity contribution in [3.05, 3.63) is 0 Å². The molecular formula is C7H15PS3. The van der Waals surface area contributed by atoms with Gasteiger partial charge in [0.25, 0.3) is 0 Å². The number of hydrogen-bond acceptors (Lipinski definition) is 3. The molecule has 1 saturated heterocycles. The minimum Gasteiger partial charge on any atom is -0.130 e. The Morgan fingerprint density at radius 1 is 1.73 bits per heavy atom. The van der Waals surface area contributed by atoms with E-state index in [1.165, 1.54) is 18.6 Å². The van der Waals surface area contributed by atoms with Crippen molar-refractivity contribution in [2.75, 3.05) is 5.75 Å². The first-order valence-corrected chi connectivity index (χ1v) is 9.59. The van der Waals surface area contributed by atoms with E-state index in [1.807, 2.05) is 11.4 Å². The van der Waals surface area contributed by atoms with E-state index in [1.54, 1.807) is 0 Å². The Kier molecular flexibility index (Phi) is 5.05. The Balaban J connectivity index is 2.33. The van der Waals surface area contributed by atoms with E-state index in [0.717, 1.165) is 11.2 Å². The molecule has 0 aromatic carbocycles. The van der Waals surface area contributed by atoms with Gasteiger partial charge >= 0.3 is 0 Å². The molecule has 3 unspecified atom stereocenters. The lowest BCUT2D eigenvalue weighted by atomic mass is 10.0. The second-order valence-electron chi connectivity index (χ2n) is 2.89. The molecule has 1 fully saturated rings. The molecular weight excluding hydrogens is 211 g/mol. The van der Waals surface area contributed by atoms with Crippen LogP contribution < -0.4 is 0 Å². The molecule has 4 heteroatoms. The molecule has 0 aliphatic carbocycles. The molecule has 1 rings (SSSR count). The van der Waals surface area contributed by atoms with E-state index in [0.29, 0.717) is 0 Å². The average molecular weight is 226 g/mol. The van der Waals surface area contributed by atoms with Crippen molar-refractivity contribution in [3.63, 3.8) is 0 Å². The largest absolute Gasteiger partial charge is 0.130 e. The summed E-state index contributed by atoms with van der Waals surface area (Å²) in [7, 11) is 0. The third-order valence-corrected chi connectivity index (χ3v) is 10.1. The molecule has 0 radical (unpaired) electrons. The maximum Gasteiger partial charge on any atom is 0.0700 e. The van der Waals surface area contributed by atoms with Crippen LogP contribution in [0.25, 0.3) is 0 Å². The predicted octanol–water partition coefficient (Wildman–Crippen LogP) is 4.43. The zero-order chi connectivity index (χ0) is 8.27. The molecule has 0 bridgehead atoms. The fraction of sp³-hybridized carbons (Fsp3) is 1.00. The van der Waals surface area contributed by atoms with Crippen molar-refractivity contribution in [3.8, 4) is 0 Å². The van der Waals surface area contributed by atoms with Gasteiger partial charge in [0.2, 0.25) is 0 Å². The SMILES string of the molecule is CCC(C)C1CCSP(S)S1. The van der Waals surface area contributed by atoms with Gasteiger partial charge in [0, 0.05) is 11.0 Å². The van der Waals surface area contributed by atoms with Crippen LogP contribution in [-0.2, 0) is 0 Å². The first kappa shape index (κ1) is 10.6. The smallest absolute Gasteiger partial charge is 0.0700 e. The summed E-state index contributed by atoms with van der Waals surface area (Å²) in [6.45, 7) is 4.65. The number of hydrogen-bond donors (Lipinski definition) is 1. The lowest BCUT2D eigenvalue weighted by molar-refractivity contribution is 0.528. The first-order chi connectivity index (χ1) is 5.24. The van der Waals surface area contributed by atoms with Crippen molar-refractivity contribution < 1.29 is 0 Å². The highest BCUT2D eigenvalue weighted by atomic mass is 33.4. The van der Waals surface area contributed by atoms with Crippen molar-refractivity contribution in [1.29, 1.82) is 0 Å². The number of rotatable bonds is 2. The van der Waals surface area contributed by atoms with E-state index >= 15 is 0 Å². The summed E-state index contributed by atoms with van der Waals surface area (Å²) in [5.74, 6) is 2.22. The maximum absolute atomic E-state index is 4.54. The standard InChI is InChI=1S/C7H15PS3/c1-3-6(2)7-4-5-10-8(9)11-7/h6-7,9H,3-5H2,1-2H3. The average Bonchev–Trinajstić information content (AvgIpc) is 2.03. The van der Waals surface area contributed by atoms with E-state index in [2.05, 4.69) is 37.5 Å². The van der Waals surface area contributed by atoms with Gasteiger partial charge < -0.3 is 0 Å². The fourth-order valence-electron chi connectivity index (χ4n) is 1.10. The van der Waals surface area contributed by atoms with Gasteiger partial charge in [-0.3, -0.25) is 0 Å². The van der Waals surface area contributed by atoms with Gasteiger partial charge in [-0.25, -0.2) is 0 Å². The Morgan fingerprint density at radius 2 is 2.45 bits per heavy atom. The quantitative estimate of drug-likeness (QED) is 0.546. The van der Waals surface area contributed by atoms with Gasteiger partial charge in [-0.15, -0.1) is 35.0 Å². The van der Waals surface area contributed by atoms with Crippen molar-refractivity contribution in [2.45, 2.75) is 31.9 Å². The van der Waals surface area contributed by atoms with E-state index in [-0.39, 0.29) is 5.53 Å². The van der Waals surface area contributed by atoms with Crippen LogP contribution in [0.4, 0.5) is 0 Å². The summed E-state index contributed by atoms with van der Waals surface area (Å²) in [4.78, 5) is 0. The van der Waals surface area contributed by atoms with Gasteiger partial charge in [-0.05, 0) is 12.3 Å². The Bertz CT molecular complexity index is 120. The zero-order valence-corrected chi connectivity index (χ0v) is 10.4. The van der Waals surface area contributed by atoms with Crippen LogP contribution in [0, 0.1) is 5.92 Å². The fourth-order valence-corrected chi connectivity index (χ4v) is 9.32. The molecule has 3 atom stereocenters. The highest BCUT2D eigenvalue weighted by molar-refractivity contribution is 9.09. The molecule has 0 aromatic rings. The van der Waals surface area contributed by atoms with Gasteiger partial charge in [-0.2, -0.15) is 0 Å². The van der Waals surface area contributed by atoms with Crippen molar-refractivity contribution >= 4 is 40.5 Å². The second kappa shape index (κ2) is 5.26. The zero-order valence-electron chi connectivity index (χ0n) is 6.99. The monoisotopic (exact) mass is 226 g/mol. The molecule has 11 heavy (non-hydrogen) atoms. The molecule has 66 valence electrons. The molecule has 1 aliphatic rings. The summed E-state index contributed by atoms with van der Waals surface area (Å²) in [6, 6.07) is 0. The summed E-state index contributed by atoms with van der Waals surface area (Å²) < 4.78 is 0. The highest BCUT2D eigenvalue weighted by Gasteiger charge is 2.24. The van der Waals surface area contributed by atoms with Gasteiger partial charge in [0.1, 0.15) is 0 Å². The third-order valence-electron chi connectivity index (χ3n) is 2.11. The van der Waals surface area contributed by atoms with E-state index < -0.39 is 0 Å². The lowest BCUT2D eigenvalue weighted by Gasteiger charge is -2.28. The lowest BCUT2D eigenvalue weighted by Crippen LogP contribution is -2.15. The van der Waals surface area contributed by atoms with Crippen LogP contribution >= 0.6 is 40.5 Å². The van der Waals surface area contributed by atoms with Crippen LogP contribution in [0.5, 0.6) is 0 Å². The topological polar surface area (TPSA) is 0 Å².